The van der Waals surface area contributed by atoms with E-state index in [0.29, 0.717) is 10.6 Å². The molecule has 5 nitrogen and oxygen atoms in total. The lowest BCUT2D eigenvalue weighted by molar-refractivity contribution is -0.140. The number of halogens is 4. The number of rotatable bonds is 4. The van der Waals surface area contributed by atoms with E-state index in [9.17, 15) is 21.6 Å². The summed E-state index contributed by atoms with van der Waals surface area (Å²) >= 11 is 5.87. The zero-order valence-electron chi connectivity index (χ0n) is 14.9. The number of benzene rings is 2. The quantitative estimate of drug-likeness (QED) is 0.632. The molecule has 0 radical (unpaired) electrons. The van der Waals surface area contributed by atoms with Gasteiger partial charge in [0, 0.05) is 16.7 Å². The summed E-state index contributed by atoms with van der Waals surface area (Å²) in [7, 11) is -2.74. The molecule has 0 aliphatic rings. The highest BCUT2D eigenvalue weighted by Crippen LogP contribution is 2.43. The van der Waals surface area contributed by atoms with Crippen LogP contribution in [-0.2, 0) is 16.2 Å². The summed E-state index contributed by atoms with van der Waals surface area (Å²) in [5.74, 6) is -0.236. The van der Waals surface area contributed by atoms with Crippen LogP contribution in [0.5, 0.6) is 5.88 Å². The van der Waals surface area contributed by atoms with Gasteiger partial charge in [-0.2, -0.15) is 13.2 Å². The molecule has 0 aliphatic heterocycles. The highest BCUT2D eigenvalue weighted by atomic mass is 35.5. The lowest BCUT2D eigenvalue weighted by Gasteiger charge is -2.18. The first kappa shape index (κ1) is 21.1. The van der Waals surface area contributed by atoms with Crippen LogP contribution >= 0.6 is 11.6 Å². The highest BCUT2D eigenvalue weighted by molar-refractivity contribution is 7.89. The summed E-state index contributed by atoms with van der Waals surface area (Å²) in [6.07, 6.45) is -4.77. The Labute approximate surface area is 170 Å². The first-order chi connectivity index (χ1) is 13.5. The molecule has 1 aromatic heterocycles. The number of methoxy groups -OCH3 is 1. The van der Waals surface area contributed by atoms with Gasteiger partial charge in [-0.05, 0) is 41.0 Å². The third kappa shape index (κ3) is 4.52. The molecule has 0 aliphatic carbocycles. The second-order valence-corrected chi connectivity index (χ2v) is 8.01. The number of ether oxygens (including phenoxy) is 1. The van der Waals surface area contributed by atoms with Crippen LogP contribution in [0.1, 0.15) is 5.69 Å². The van der Waals surface area contributed by atoms with Crippen molar-refractivity contribution in [2.75, 3.05) is 7.11 Å². The molecule has 0 amide bonds. The number of sulfonamides is 1. The first-order valence-electron chi connectivity index (χ1n) is 8.06. The molecular weight excluding hydrogens is 429 g/mol. The van der Waals surface area contributed by atoms with E-state index < -0.39 is 21.9 Å². The van der Waals surface area contributed by atoms with E-state index in [2.05, 4.69) is 4.98 Å². The third-order valence-electron chi connectivity index (χ3n) is 4.10. The van der Waals surface area contributed by atoms with Gasteiger partial charge in [0.15, 0.2) is 5.69 Å². The van der Waals surface area contributed by atoms with Crippen molar-refractivity contribution in [3.8, 4) is 28.1 Å². The number of nitrogens with two attached hydrogens (primary N) is 1. The molecule has 0 unspecified atom stereocenters. The SMILES string of the molecule is COc1cc(-c2ccc(S(N)(=O)=O)cc2)c(-c2ccc(Cl)cc2)c(C(F)(F)F)n1. The van der Waals surface area contributed by atoms with Gasteiger partial charge >= 0.3 is 6.18 Å². The van der Waals surface area contributed by atoms with Crippen LogP contribution in [0.15, 0.2) is 59.5 Å². The fourth-order valence-corrected chi connectivity index (χ4v) is 3.43. The van der Waals surface area contributed by atoms with Crippen LogP contribution < -0.4 is 9.88 Å². The molecule has 3 aromatic rings. The average Bonchev–Trinajstić information content (AvgIpc) is 2.66. The van der Waals surface area contributed by atoms with Crippen LogP contribution in [0.4, 0.5) is 13.2 Å². The largest absolute Gasteiger partial charge is 0.481 e. The monoisotopic (exact) mass is 442 g/mol. The summed E-state index contributed by atoms with van der Waals surface area (Å²) in [5.41, 5.74) is -0.591. The summed E-state index contributed by atoms with van der Waals surface area (Å²) in [4.78, 5) is 3.45. The van der Waals surface area contributed by atoms with Crippen molar-refractivity contribution in [1.82, 2.24) is 4.98 Å². The lowest BCUT2D eigenvalue weighted by Crippen LogP contribution is -2.13. The Bertz CT molecular complexity index is 1150. The number of pyridine rings is 1. The first-order valence-corrected chi connectivity index (χ1v) is 9.98. The Morgan fingerprint density at radius 3 is 2.03 bits per heavy atom. The summed E-state index contributed by atoms with van der Waals surface area (Å²) in [6, 6.07) is 12.4. The van der Waals surface area contributed by atoms with E-state index in [-0.39, 0.29) is 27.5 Å². The van der Waals surface area contributed by atoms with Crippen molar-refractivity contribution in [3.05, 3.63) is 65.3 Å². The van der Waals surface area contributed by atoms with E-state index in [1.165, 1.54) is 61.7 Å². The molecule has 2 N–H and O–H groups in total. The minimum atomic E-state index is -4.77. The minimum Gasteiger partial charge on any atom is -0.481 e. The van der Waals surface area contributed by atoms with Gasteiger partial charge in [-0.3, -0.25) is 0 Å². The van der Waals surface area contributed by atoms with Gasteiger partial charge in [0.25, 0.3) is 0 Å². The Morgan fingerprint density at radius 1 is 1.00 bits per heavy atom. The molecule has 1 heterocycles. The van der Waals surface area contributed by atoms with Crippen molar-refractivity contribution in [2.24, 2.45) is 5.14 Å². The maximum absolute atomic E-state index is 13.8. The predicted octanol–water partition coefficient (Wildman–Crippen LogP) is 4.74. The number of alkyl halides is 3. The minimum absolute atomic E-state index is 0.160. The van der Waals surface area contributed by atoms with Crippen molar-refractivity contribution in [1.29, 1.82) is 0 Å². The standard InChI is InChI=1S/C19H14ClF3N2O3S/c1-28-16-10-15(11-4-8-14(9-5-11)29(24,26)27)17(18(25-16)19(21,22)23)12-2-6-13(20)7-3-12/h2-10H,1H3,(H2,24,26,27). The Kier molecular flexibility index (Phi) is 5.57. The molecule has 3 rings (SSSR count). The molecule has 2 aromatic carbocycles. The highest BCUT2D eigenvalue weighted by Gasteiger charge is 2.38. The van der Waals surface area contributed by atoms with Gasteiger partial charge in [0.1, 0.15) is 0 Å². The van der Waals surface area contributed by atoms with Gasteiger partial charge in [-0.15, -0.1) is 0 Å². The second-order valence-electron chi connectivity index (χ2n) is 6.01. The van der Waals surface area contributed by atoms with E-state index in [1.807, 2.05) is 0 Å². The number of nitrogens with zero attached hydrogens (tertiary/aromatic N) is 1. The zero-order valence-corrected chi connectivity index (χ0v) is 16.4. The molecule has 0 saturated heterocycles. The van der Waals surface area contributed by atoms with Gasteiger partial charge in [0.05, 0.1) is 12.0 Å². The molecule has 0 spiro atoms. The van der Waals surface area contributed by atoms with E-state index in [1.54, 1.807) is 0 Å². The van der Waals surface area contributed by atoms with E-state index in [4.69, 9.17) is 21.5 Å². The molecule has 0 fully saturated rings. The number of hydrogen-bond donors (Lipinski definition) is 1. The number of hydrogen-bond acceptors (Lipinski definition) is 4. The average molecular weight is 443 g/mol. The van der Waals surface area contributed by atoms with Crippen molar-refractivity contribution < 1.29 is 26.3 Å². The molecular formula is C19H14ClF3N2O3S. The predicted molar refractivity (Wildman–Crippen MR) is 103 cm³/mol. The molecule has 29 heavy (non-hydrogen) atoms. The number of primary sulfonamides is 1. The normalized spacial score (nSPS) is 12.1. The Morgan fingerprint density at radius 2 is 1.55 bits per heavy atom. The smallest absolute Gasteiger partial charge is 0.434 e. The Hall–Kier alpha value is -2.62. The topological polar surface area (TPSA) is 82.3 Å². The summed E-state index contributed by atoms with van der Waals surface area (Å²) in [5, 5.41) is 5.45. The van der Waals surface area contributed by atoms with Crippen LogP contribution in [0.3, 0.4) is 0 Å². The molecule has 152 valence electrons. The van der Waals surface area contributed by atoms with Crippen molar-refractivity contribution in [3.63, 3.8) is 0 Å². The van der Waals surface area contributed by atoms with Crippen LogP contribution in [-0.4, -0.2) is 20.5 Å². The fourth-order valence-electron chi connectivity index (χ4n) is 2.79. The fraction of sp³-hybridized carbons (Fsp3) is 0.105. The van der Waals surface area contributed by atoms with Gasteiger partial charge in [-0.25, -0.2) is 18.5 Å². The maximum atomic E-state index is 13.8. The maximum Gasteiger partial charge on any atom is 0.434 e. The Balaban J connectivity index is 2.33. The molecule has 0 atom stereocenters. The van der Waals surface area contributed by atoms with Crippen LogP contribution in [0.2, 0.25) is 5.02 Å². The molecule has 10 heteroatoms. The lowest BCUT2D eigenvalue weighted by atomic mass is 9.93. The molecule has 0 saturated carbocycles. The van der Waals surface area contributed by atoms with E-state index in [0.717, 1.165) is 0 Å². The van der Waals surface area contributed by atoms with Crippen LogP contribution in [0.25, 0.3) is 22.3 Å². The summed E-state index contributed by atoms with van der Waals surface area (Å²) < 4.78 is 69.3. The van der Waals surface area contributed by atoms with Crippen molar-refractivity contribution in [2.45, 2.75) is 11.1 Å². The van der Waals surface area contributed by atoms with Gasteiger partial charge in [0.2, 0.25) is 15.9 Å². The molecule has 0 bridgehead atoms. The van der Waals surface area contributed by atoms with Gasteiger partial charge < -0.3 is 4.74 Å². The number of aromatic nitrogens is 1. The second kappa shape index (κ2) is 7.66. The van der Waals surface area contributed by atoms with Crippen LogP contribution in [0, 0.1) is 0 Å². The third-order valence-corrected chi connectivity index (χ3v) is 5.28. The van der Waals surface area contributed by atoms with Gasteiger partial charge in [-0.1, -0.05) is 35.9 Å². The van der Waals surface area contributed by atoms with E-state index >= 15 is 0 Å². The van der Waals surface area contributed by atoms with Crippen molar-refractivity contribution >= 4 is 21.6 Å². The zero-order chi connectivity index (χ0) is 21.4. The summed E-state index contributed by atoms with van der Waals surface area (Å²) in [6.45, 7) is 0.